The van der Waals surface area contributed by atoms with Gasteiger partial charge in [0.15, 0.2) is 5.78 Å². The summed E-state index contributed by atoms with van der Waals surface area (Å²) >= 11 is 11.8. The van der Waals surface area contributed by atoms with Gasteiger partial charge in [-0.3, -0.25) is 4.79 Å². The lowest BCUT2D eigenvalue weighted by molar-refractivity contribution is 0.103. The van der Waals surface area contributed by atoms with E-state index in [-0.39, 0.29) is 16.8 Å². The molecule has 136 valence electrons. The highest BCUT2D eigenvalue weighted by atomic mass is 35.5. The van der Waals surface area contributed by atoms with E-state index < -0.39 is 17.6 Å². The first kappa shape index (κ1) is 18.9. The summed E-state index contributed by atoms with van der Waals surface area (Å²) in [6.07, 6.45) is 0. The average molecular weight is 403 g/mol. The molecule has 0 bridgehead atoms. The van der Waals surface area contributed by atoms with Gasteiger partial charge < -0.3 is 10.6 Å². The molecule has 0 aromatic heterocycles. The molecule has 0 fully saturated rings. The summed E-state index contributed by atoms with van der Waals surface area (Å²) in [5.41, 5.74) is 0.701. The first-order valence-corrected chi connectivity index (χ1v) is 8.62. The molecule has 0 unspecified atom stereocenters. The van der Waals surface area contributed by atoms with Crippen LogP contribution in [0.15, 0.2) is 66.7 Å². The Bertz CT molecular complexity index is 1010. The van der Waals surface area contributed by atoms with Crippen LogP contribution in [0.3, 0.4) is 0 Å². The van der Waals surface area contributed by atoms with Crippen LogP contribution in [0.5, 0.6) is 0 Å². The van der Waals surface area contributed by atoms with Gasteiger partial charge in [-0.05, 0) is 54.6 Å². The fraction of sp³-hybridized carbons (Fsp3) is 0. The Hall–Kier alpha value is -2.89. The van der Waals surface area contributed by atoms with Crippen molar-refractivity contribution in [3.63, 3.8) is 0 Å². The van der Waals surface area contributed by atoms with Gasteiger partial charge in [-0.1, -0.05) is 35.3 Å². The normalized spacial score (nSPS) is 10.3. The van der Waals surface area contributed by atoms with E-state index in [0.29, 0.717) is 15.7 Å². The number of urea groups is 1. The zero-order valence-electron chi connectivity index (χ0n) is 13.8. The maximum atomic E-state index is 14.0. The van der Waals surface area contributed by atoms with Crippen LogP contribution >= 0.6 is 23.2 Å². The molecule has 0 heterocycles. The number of hydrogen-bond donors (Lipinski definition) is 2. The van der Waals surface area contributed by atoms with Crippen LogP contribution in [0.4, 0.5) is 20.6 Å². The van der Waals surface area contributed by atoms with E-state index in [1.807, 2.05) is 0 Å². The second-order valence-electron chi connectivity index (χ2n) is 5.58. The molecule has 0 saturated carbocycles. The highest BCUT2D eigenvalue weighted by Crippen LogP contribution is 2.25. The molecule has 0 aliphatic heterocycles. The van der Waals surface area contributed by atoms with Gasteiger partial charge in [-0.25, -0.2) is 9.18 Å². The summed E-state index contributed by atoms with van der Waals surface area (Å²) in [5, 5.41) is 6.04. The minimum absolute atomic E-state index is 0.0823. The highest BCUT2D eigenvalue weighted by Gasteiger charge is 2.19. The SMILES string of the molecule is O=C(Nc1ccc(Cl)cc1)Nc1ccc(Cl)cc1C(=O)c1ccccc1F. The standard InChI is InChI=1S/C20H13Cl2FN2O2/c21-12-5-8-14(9-6-12)24-20(27)25-18-10-7-13(22)11-16(18)19(26)15-3-1-2-4-17(15)23/h1-11H,(H2,24,25,27). The molecule has 3 aromatic carbocycles. The van der Waals surface area contributed by atoms with Crippen molar-refractivity contribution in [3.05, 3.63) is 93.7 Å². The minimum Gasteiger partial charge on any atom is -0.308 e. The molecule has 2 amide bonds. The second-order valence-corrected chi connectivity index (χ2v) is 6.46. The van der Waals surface area contributed by atoms with Crippen molar-refractivity contribution in [2.24, 2.45) is 0 Å². The molecule has 0 aliphatic rings. The van der Waals surface area contributed by atoms with Gasteiger partial charge >= 0.3 is 6.03 Å². The number of ketones is 1. The lowest BCUT2D eigenvalue weighted by Gasteiger charge is -2.12. The number of amides is 2. The van der Waals surface area contributed by atoms with E-state index >= 15 is 0 Å². The summed E-state index contributed by atoms with van der Waals surface area (Å²) in [6, 6.07) is 16.0. The van der Waals surface area contributed by atoms with Crippen molar-refractivity contribution in [2.75, 3.05) is 10.6 Å². The van der Waals surface area contributed by atoms with Crippen molar-refractivity contribution >= 4 is 46.4 Å². The maximum Gasteiger partial charge on any atom is 0.323 e. The van der Waals surface area contributed by atoms with Crippen molar-refractivity contribution in [2.45, 2.75) is 0 Å². The third-order valence-corrected chi connectivity index (χ3v) is 4.18. The molecule has 3 aromatic rings. The van der Waals surface area contributed by atoms with Crippen LogP contribution in [0.1, 0.15) is 15.9 Å². The topological polar surface area (TPSA) is 58.2 Å². The average Bonchev–Trinajstić information content (AvgIpc) is 2.65. The van der Waals surface area contributed by atoms with Crippen LogP contribution in [-0.2, 0) is 0 Å². The van der Waals surface area contributed by atoms with E-state index in [1.165, 1.54) is 36.4 Å². The molecule has 0 spiro atoms. The molecule has 3 rings (SSSR count). The Morgan fingerprint density at radius 2 is 1.44 bits per heavy atom. The predicted octanol–water partition coefficient (Wildman–Crippen LogP) is 6.01. The number of carbonyl (C=O) groups is 2. The van der Waals surface area contributed by atoms with Crippen LogP contribution in [0.2, 0.25) is 10.0 Å². The third-order valence-electron chi connectivity index (χ3n) is 3.70. The van der Waals surface area contributed by atoms with Gasteiger partial charge in [0.2, 0.25) is 0 Å². The van der Waals surface area contributed by atoms with Crippen LogP contribution in [-0.4, -0.2) is 11.8 Å². The Balaban J connectivity index is 1.86. The quantitative estimate of drug-likeness (QED) is 0.525. The predicted molar refractivity (Wildman–Crippen MR) is 105 cm³/mol. The number of carbonyl (C=O) groups excluding carboxylic acids is 2. The summed E-state index contributed by atoms with van der Waals surface area (Å²) in [6.45, 7) is 0. The molecule has 0 aliphatic carbocycles. The van der Waals surface area contributed by atoms with Crippen molar-refractivity contribution < 1.29 is 14.0 Å². The van der Waals surface area contributed by atoms with Gasteiger partial charge in [0.1, 0.15) is 5.82 Å². The van der Waals surface area contributed by atoms with Crippen LogP contribution < -0.4 is 10.6 Å². The zero-order valence-corrected chi connectivity index (χ0v) is 15.3. The third kappa shape index (κ3) is 4.64. The summed E-state index contributed by atoms with van der Waals surface area (Å²) in [5.74, 6) is -1.24. The first-order chi connectivity index (χ1) is 12.9. The monoisotopic (exact) mass is 402 g/mol. The molecular formula is C20H13Cl2FN2O2. The van der Waals surface area contributed by atoms with E-state index in [9.17, 15) is 14.0 Å². The molecule has 27 heavy (non-hydrogen) atoms. The van der Waals surface area contributed by atoms with Crippen molar-refractivity contribution in [1.29, 1.82) is 0 Å². The highest BCUT2D eigenvalue weighted by molar-refractivity contribution is 6.31. The van der Waals surface area contributed by atoms with Crippen molar-refractivity contribution in [3.8, 4) is 0 Å². The number of nitrogens with one attached hydrogen (secondary N) is 2. The molecule has 0 saturated heterocycles. The molecular weight excluding hydrogens is 390 g/mol. The number of anilines is 2. The van der Waals surface area contributed by atoms with Gasteiger partial charge in [0, 0.05) is 21.3 Å². The van der Waals surface area contributed by atoms with E-state index in [1.54, 1.807) is 30.3 Å². The molecule has 0 atom stereocenters. The van der Waals surface area contributed by atoms with E-state index in [4.69, 9.17) is 23.2 Å². The largest absolute Gasteiger partial charge is 0.323 e. The first-order valence-electron chi connectivity index (χ1n) is 7.86. The fourth-order valence-corrected chi connectivity index (χ4v) is 2.72. The van der Waals surface area contributed by atoms with Gasteiger partial charge in [0.25, 0.3) is 0 Å². The lowest BCUT2D eigenvalue weighted by atomic mass is 10.0. The summed E-state index contributed by atoms with van der Waals surface area (Å²) in [7, 11) is 0. The number of halogens is 3. The van der Waals surface area contributed by atoms with Gasteiger partial charge in [0.05, 0.1) is 11.3 Å². The van der Waals surface area contributed by atoms with Crippen molar-refractivity contribution in [1.82, 2.24) is 0 Å². The zero-order chi connectivity index (χ0) is 19.4. The second kappa shape index (κ2) is 8.20. The fourth-order valence-electron chi connectivity index (χ4n) is 2.42. The van der Waals surface area contributed by atoms with Gasteiger partial charge in [-0.2, -0.15) is 0 Å². The molecule has 0 radical (unpaired) electrons. The van der Waals surface area contributed by atoms with E-state index in [0.717, 1.165) is 0 Å². The number of rotatable bonds is 4. The van der Waals surface area contributed by atoms with Gasteiger partial charge in [-0.15, -0.1) is 0 Å². The summed E-state index contributed by atoms with van der Waals surface area (Å²) in [4.78, 5) is 25.0. The molecule has 4 nitrogen and oxygen atoms in total. The van der Waals surface area contributed by atoms with Crippen LogP contribution in [0, 0.1) is 5.82 Å². The Morgan fingerprint density at radius 3 is 2.15 bits per heavy atom. The maximum absolute atomic E-state index is 14.0. The summed E-state index contributed by atoms with van der Waals surface area (Å²) < 4.78 is 14.0. The smallest absolute Gasteiger partial charge is 0.308 e. The lowest BCUT2D eigenvalue weighted by Crippen LogP contribution is -2.21. The Kier molecular flexibility index (Phi) is 5.74. The molecule has 2 N–H and O–H groups in total. The van der Waals surface area contributed by atoms with E-state index in [2.05, 4.69) is 10.6 Å². The molecule has 7 heteroatoms. The van der Waals surface area contributed by atoms with Crippen LogP contribution in [0.25, 0.3) is 0 Å². The number of hydrogen-bond acceptors (Lipinski definition) is 2. The Labute approximate surface area is 164 Å². The Morgan fingerprint density at radius 1 is 0.778 bits per heavy atom. The minimum atomic E-state index is -0.654. The number of benzene rings is 3.